The standard InChI is InChI=1S/C39H21N5/c40-22-23-10-9-11-24(20-23)36-39(42-31-16-5-4-15-30(31)41-36)44-33-18-7-2-13-26(33)29-21-28-25-12-1-6-17-32(25)43-34-19-8-3-14-27(34)35(37(28)43)38(29)44/h1-21H. The second kappa shape index (κ2) is 8.41. The van der Waals surface area contributed by atoms with Crippen molar-refractivity contribution in [3.63, 3.8) is 0 Å². The number of rotatable bonds is 2. The molecule has 202 valence electrons. The Bertz CT molecular complexity index is 2850. The topological polar surface area (TPSA) is 58.9 Å². The number of fused-ring (bicyclic) bond motifs is 11. The Balaban J connectivity index is 1.49. The highest BCUT2D eigenvalue weighted by molar-refractivity contribution is 6.34. The van der Waals surface area contributed by atoms with Gasteiger partial charge >= 0.3 is 0 Å². The molecule has 0 bridgehead atoms. The van der Waals surface area contributed by atoms with E-state index < -0.39 is 0 Å². The molecule has 10 aromatic rings. The number of hydrogen-bond acceptors (Lipinski definition) is 3. The summed E-state index contributed by atoms with van der Waals surface area (Å²) in [5, 5.41) is 17.0. The maximum Gasteiger partial charge on any atom is 0.165 e. The molecule has 0 unspecified atom stereocenters. The summed E-state index contributed by atoms with van der Waals surface area (Å²) in [5.74, 6) is 0.743. The van der Waals surface area contributed by atoms with Crippen LogP contribution in [0.4, 0.5) is 0 Å². The highest BCUT2D eigenvalue weighted by atomic mass is 15.1. The quantitative estimate of drug-likeness (QED) is 0.212. The third-order valence-electron chi connectivity index (χ3n) is 9.03. The Morgan fingerprint density at radius 1 is 0.523 bits per heavy atom. The van der Waals surface area contributed by atoms with Crippen molar-refractivity contribution in [1.82, 2.24) is 18.9 Å². The molecule has 0 atom stereocenters. The molecule has 4 aromatic heterocycles. The molecule has 0 aliphatic rings. The van der Waals surface area contributed by atoms with Crippen LogP contribution in [0.25, 0.3) is 88.0 Å². The van der Waals surface area contributed by atoms with Crippen molar-refractivity contribution < 1.29 is 0 Å². The lowest BCUT2D eigenvalue weighted by molar-refractivity contribution is 1.08. The molecule has 0 aliphatic heterocycles. The molecule has 0 amide bonds. The van der Waals surface area contributed by atoms with Crippen LogP contribution in [0.3, 0.4) is 0 Å². The summed E-state index contributed by atoms with van der Waals surface area (Å²) in [5.41, 5.74) is 9.59. The van der Waals surface area contributed by atoms with E-state index in [9.17, 15) is 5.26 Å². The number of nitrogens with zero attached hydrogens (tertiary/aromatic N) is 5. The van der Waals surface area contributed by atoms with Crippen LogP contribution in [0.5, 0.6) is 0 Å². The minimum atomic E-state index is 0.587. The molecule has 10 rings (SSSR count). The molecule has 44 heavy (non-hydrogen) atoms. The van der Waals surface area contributed by atoms with E-state index in [1.807, 2.05) is 48.5 Å². The normalized spacial score (nSPS) is 12.1. The van der Waals surface area contributed by atoms with E-state index in [4.69, 9.17) is 9.97 Å². The Morgan fingerprint density at radius 3 is 1.91 bits per heavy atom. The fourth-order valence-electron chi connectivity index (χ4n) is 7.25. The lowest BCUT2D eigenvalue weighted by atomic mass is 10.0. The number of para-hydroxylation sites is 5. The molecule has 5 heteroatoms. The second-order valence-corrected chi connectivity index (χ2v) is 11.3. The molecular formula is C39H21N5. The molecule has 6 aromatic carbocycles. The van der Waals surface area contributed by atoms with Crippen LogP contribution in [0.15, 0.2) is 127 Å². The van der Waals surface area contributed by atoms with Crippen molar-refractivity contribution in [2.75, 3.05) is 0 Å². The molecule has 5 nitrogen and oxygen atoms in total. The zero-order valence-corrected chi connectivity index (χ0v) is 23.4. The van der Waals surface area contributed by atoms with Crippen LogP contribution in [-0.2, 0) is 0 Å². The Morgan fingerprint density at radius 2 is 1.14 bits per heavy atom. The van der Waals surface area contributed by atoms with Gasteiger partial charge in [0.1, 0.15) is 5.69 Å². The van der Waals surface area contributed by atoms with Gasteiger partial charge in [-0.25, -0.2) is 9.97 Å². The summed E-state index contributed by atoms with van der Waals surface area (Å²) in [7, 11) is 0. The van der Waals surface area contributed by atoms with Crippen molar-refractivity contribution in [2.24, 2.45) is 0 Å². The molecule has 4 heterocycles. The van der Waals surface area contributed by atoms with Gasteiger partial charge < -0.3 is 4.40 Å². The second-order valence-electron chi connectivity index (χ2n) is 11.3. The highest BCUT2D eigenvalue weighted by Crippen LogP contribution is 2.46. The molecule has 0 radical (unpaired) electrons. The summed E-state index contributed by atoms with van der Waals surface area (Å²) in [4.78, 5) is 10.5. The zero-order chi connectivity index (χ0) is 28.9. The minimum absolute atomic E-state index is 0.587. The van der Waals surface area contributed by atoms with E-state index in [2.05, 4.69) is 93.9 Å². The van der Waals surface area contributed by atoms with Gasteiger partial charge in [-0.2, -0.15) is 5.26 Å². The fourth-order valence-corrected chi connectivity index (χ4v) is 7.25. The Labute approximate surface area is 250 Å². The van der Waals surface area contributed by atoms with E-state index in [1.54, 1.807) is 0 Å². The lowest BCUT2D eigenvalue weighted by Gasteiger charge is -2.14. The van der Waals surface area contributed by atoms with Crippen LogP contribution >= 0.6 is 0 Å². The predicted octanol–water partition coefficient (Wildman–Crippen LogP) is 9.42. The maximum atomic E-state index is 9.75. The van der Waals surface area contributed by atoms with E-state index in [0.29, 0.717) is 5.56 Å². The number of aromatic nitrogens is 4. The molecule has 0 spiro atoms. The number of benzene rings is 6. The third kappa shape index (κ3) is 2.91. The average molecular weight is 560 g/mol. The monoisotopic (exact) mass is 559 g/mol. The minimum Gasteiger partial charge on any atom is -0.308 e. The van der Waals surface area contributed by atoms with Crippen molar-refractivity contribution in [1.29, 1.82) is 5.26 Å². The van der Waals surface area contributed by atoms with Gasteiger partial charge in [0.05, 0.1) is 50.2 Å². The van der Waals surface area contributed by atoms with Crippen LogP contribution in [0.2, 0.25) is 0 Å². The van der Waals surface area contributed by atoms with Crippen molar-refractivity contribution in [3.05, 3.63) is 133 Å². The van der Waals surface area contributed by atoms with Gasteiger partial charge in [0.15, 0.2) is 5.82 Å². The lowest BCUT2D eigenvalue weighted by Crippen LogP contribution is -2.04. The molecule has 0 saturated carbocycles. The predicted molar refractivity (Wildman–Crippen MR) is 179 cm³/mol. The average Bonchev–Trinajstić information content (AvgIpc) is 3.72. The molecule has 0 fully saturated rings. The van der Waals surface area contributed by atoms with E-state index in [-0.39, 0.29) is 0 Å². The van der Waals surface area contributed by atoms with Gasteiger partial charge in [-0.05, 0) is 48.5 Å². The summed E-state index contributed by atoms with van der Waals surface area (Å²) < 4.78 is 4.72. The van der Waals surface area contributed by atoms with Crippen LogP contribution in [0.1, 0.15) is 5.56 Å². The first-order valence-electron chi connectivity index (χ1n) is 14.7. The van der Waals surface area contributed by atoms with Gasteiger partial charge in [-0.1, -0.05) is 78.9 Å². The SMILES string of the molecule is N#Cc1cccc(-c2nc3ccccc3nc2-n2c3ccccc3c3cc4c5ccccc5n5c6ccccc6c(c32)c45)c1. The highest BCUT2D eigenvalue weighted by Gasteiger charge is 2.26. The maximum absolute atomic E-state index is 9.75. The molecule has 0 aliphatic carbocycles. The van der Waals surface area contributed by atoms with Crippen molar-refractivity contribution in [3.8, 4) is 23.1 Å². The Kier molecular flexibility index (Phi) is 4.46. The van der Waals surface area contributed by atoms with Gasteiger partial charge in [-0.15, -0.1) is 0 Å². The van der Waals surface area contributed by atoms with E-state index in [1.165, 1.54) is 43.5 Å². The van der Waals surface area contributed by atoms with Crippen LogP contribution in [-0.4, -0.2) is 18.9 Å². The zero-order valence-electron chi connectivity index (χ0n) is 23.4. The van der Waals surface area contributed by atoms with Crippen molar-refractivity contribution in [2.45, 2.75) is 0 Å². The fraction of sp³-hybridized carbons (Fsp3) is 0. The Hall–Kier alpha value is -6.25. The molecule has 0 N–H and O–H groups in total. The van der Waals surface area contributed by atoms with E-state index >= 15 is 0 Å². The molecular weight excluding hydrogens is 538 g/mol. The van der Waals surface area contributed by atoms with Crippen LogP contribution in [0, 0.1) is 11.3 Å². The van der Waals surface area contributed by atoms with Gasteiger partial charge in [0, 0.05) is 37.9 Å². The van der Waals surface area contributed by atoms with Gasteiger partial charge in [-0.3, -0.25) is 4.57 Å². The first-order chi connectivity index (χ1) is 21.8. The smallest absolute Gasteiger partial charge is 0.165 e. The van der Waals surface area contributed by atoms with Crippen molar-refractivity contribution >= 4 is 70.9 Å². The van der Waals surface area contributed by atoms with Gasteiger partial charge in [0.2, 0.25) is 0 Å². The van der Waals surface area contributed by atoms with E-state index in [0.717, 1.165) is 44.5 Å². The summed E-state index contributed by atoms with van der Waals surface area (Å²) in [6.07, 6.45) is 0. The first-order valence-corrected chi connectivity index (χ1v) is 14.7. The summed E-state index contributed by atoms with van der Waals surface area (Å²) in [6, 6.07) is 46.3. The number of nitriles is 1. The first kappa shape index (κ1) is 23.3. The summed E-state index contributed by atoms with van der Waals surface area (Å²) in [6.45, 7) is 0. The summed E-state index contributed by atoms with van der Waals surface area (Å²) >= 11 is 0. The third-order valence-corrected chi connectivity index (χ3v) is 9.03. The van der Waals surface area contributed by atoms with Crippen LogP contribution < -0.4 is 0 Å². The largest absolute Gasteiger partial charge is 0.308 e. The number of hydrogen-bond donors (Lipinski definition) is 0. The molecule has 0 saturated heterocycles. The van der Waals surface area contributed by atoms with Gasteiger partial charge in [0.25, 0.3) is 0 Å².